The van der Waals surface area contributed by atoms with Gasteiger partial charge < -0.3 is 14.6 Å². The Morgan fingerprint density at radius 1 is 1.00 bits per heavy atom. The lowest BCUT2D eigenvalue weighted by atomic mass is 9.77. The molecule has 3 heterocycles. The Kier molecular flexibility index (Phi) is 3.33. The van der Waals surface area contributed by atoms with E-state index in [1.807, 2.05) is 12.1 Å². The molecule has 2 aromatic rings. The summed E-state index contributed by atoms with van der Waals surface area (Å²) in [6, 6.07) is 7.00. The summed E-state index contributed by atoms with van der Waals surface area (Å²) in [4.78, 5) is 15.1. The van der Waals surface area contributed by atoms with Crippen LogP contribution in [0.2, 0.25) is 0 Å². The summed E-state index contributed by atoms with van der Waals surface area (Å²) in [6.45, 7) is 2.57. The molecule has 0 spiro atoms. The molecule has 1 saturated carbocycles. The van der Waals surface area contributed by atoms with E-state index in [9.17, 15) is 9.90 Å². The quantitative estimate of drug-likeness (QED) is 0.910. The van der Waals surface area contributed by atoms with E-state index >= 15 is 0 Å². The standard InChI is InChI=1S/C19H22N4O2/c24-16-6-3-12(4-7-16)18-21-20-17-8-5-15(11-23(17)18)19(25)22-9-13-1-2-14(13)10-22/h3-4,6-7,13-15,24H,1-2,5,8-11H2/t13-,14+,15?. The van der Waals surface area contributed by atoms with E-state index in [0.717, 1.165) is 55.0 Å². The number of phenolic OH excluding ortho intramolecular Hbond substituents is 1. The van der Waals surface area contributed by atoms with Crippen molar-refractivity contribution in [2.45, 2.75) is 32.2 Å². The van der Waals surface area contributed by atoms with Crippen molar-refractivity contribution >= 4 is 5.91 Å². The van der Waals surface area contributed by atoms with Crippen LogP contribution >= 0.6 is 0 Å². The van der Waals surface area contributed by atoms with Crippen LogP contribution in [0.4, 0.5) is 0 Å². The SMILES string of the molecule is O=C(C1CCc2nnc(-c3ccc(O)cc3)n2C1)N1C[C@H]2CC[C@H]2C1. The van der Waals surface area contributed by atoms with Gasteiger partial charge in [0.25, 0.3) is 0 Å². The minimum atomic E-state index is 0.0249. The van der Waals surface area contributed by atoms with Gasteiger partial charge in [-0.2, -0.15) is 0 Å². The van der Waals surface area contributed by atoms with E-state index in [0.29, 0.717) is 12.5 Å². The van der Waals surface area contributed by atoms with Gasteiger partial charge in [0.05, 0.1) is 5.92 Å². The van der Waals surface area contributed by atoms with Gasteiger partial charge in [0.1, 0.15) is 11.6 Å². The molecule has 6 nitrogen and oxygen atoms in total. The van der Waals surface area contributed by atoms with Crippen LogP contribution in [0.15, 0.2) is 24.3 Å². The highest BCUT2D eigenvalue weighted by atomic mass is 16.3. The summed E-state index contributed by atoms with van der Waals surface area (Å²) in [7, 11) is 0. The normalized spacial score (nSPS) is 27.5. The molecular weight excluding hydrogens is 316 g/mol. The first-order valence-electron chi connectivity index (χ1n) is 9.19. The third-order valence-electron chi connectivity index (χ3n) is 6.22. The van der Waals surface area contributed by atoms with E-state index in [1.165, 1.54) is 12.8 Å². The van der Waals surface area contributed by atoms with Gasteiger partial charge in [0.15, 0.2) is 5.82 Å². The van der Waals surface area contributed by atoms with Crippen LogP contribution in [0, 0.1) is 17.8 Å². The number of fused-ring (bicyclic) bond motifs is 2. The number of hydrogen-bond acceptors (Lipinski definition) is 4. The molecule has 2 aliphatic heterocycles. The lowest BCUT2D eigenvalue weighted by Gasteiger charge is -2.27. The summed E-state index contributed by atoms with van der Waals surface area (Å²) in [5.41, 5.74) is 0.920. The zero-order chi connectivity index (χ0) is 17.0. The zero-order valence-corrected chi connectivity index (χ0v) is 14.1. The van der Waals surface area contributed by atoms with Gasteiger partial charge in [-0.3, -0.25) is 4.79 Å². The van der Waals surface area contributed by atoms with Crippen LogP contribution in [0.25, 0.3) is 11.4 Å². The molecule has 6 heteroatoms. The fourth-order valence-corrected chi connectivity index (χ4v) is 4.55. The molecule has 2 fully saturated rings. The Balaban J connectivity index is 1.37. The number of carbonyl (C=O) groups excluding carboxylic acids is 1. The number of aromatic nitrogens is 3. The Morgan fingerprint density at radius 2 is 1.72 bits per heavy atom. The number of amides is 1. The summed E-state index contributed by atoms with van der Waals surface area (Å²) < 4.78 is 2.09. The highest BCUT2D eigenvalue weighted by Crippen LogP contribution is 2.41. The number of rotatable bonds is 2. The fraction of sp³-hybridized carbons (Fsp3) is 0.526. The maximum atomic E-state index is 13.0. The number of likely N-dealkylation sites (tertiary alicyclic amines) is 1. The second-order valence-electron chi connectivity index (χ2n) is 7.67. The highest BCUT2D eigenvalue weighted by Gasteiger charge is 2.42. The molecule has 0 bridgehead atoms. The van der Waals surface area contributed by atoms with Gasteiger partial charge in [-0.15, -0.1) is 10.2 Å². The van der Waals surface area contributed by atoms with E-state index in [-0.39, 0.29) is 11.7 Å². The average Bonchev–Trinajstić information content (AvgIpc) is 3.16. The maximum Gasteiger partial charge on any atom is 0.227 e. The lowest BCUT2D eigenvalue weighted by molar-refractivity contribution is -0.135. The second-order valence-corrected chi connectivity index (χ2v) is 7.67. The van der Waals surface area contributed by atoms with Gasteiger partial charge in [0.2, 0.25) is 5.91 Å². The summed E-state index contributed by atoms with van der Waals surface area (Å²) in [5, 5.41) is 18.1. The van der Waals surface area contributed by atoms with Crippen LogP contribution in [0.5, 0.6) is 5.75 Å². The number of phenols is 1. The monoisotopic (exact) mass is 338 g/mol. The molecule has 1 saturated heterocycles. The first-order valence-corrected chi connectivity index (χ1v) is 9.19. The van der Waals surface area contributed by atoms with E-state index in [1.54, 1.807) is 12.1 Å². The van der Waals surface area contributed by atoms with Crippen LogP contribution in [-0.4, -0.2) is 43.8 Å². The van der Waals surface area contributed by atoms with Crippen molar-refractivity contribution in [1.82, 2.24) is 19.7 Å². The molecule has 1 aromatic carbocycles. The number of hydrogen-bond donors (Lipinski definition) is 1. The molecule has 1 N–H and O–H groups in total. The molecule has 130 valence electrons. The van der Waals surface area contributed by atoms with Crippen molar-refractivity contribution in [1.29, 1.82) is 0 Å². The van der Waals surface area contributed by atoms with Gasteiger partial charge in [-0.05, 0) is 55.4 Å². The molecule has 5 rings (SSSR count). The molecule has 3 atom stereocenters. The molecule has 1 aromatic heterocycles. The topological polar surface area (TPSA) is 71.2 Å². The minimum absolute atomic E-state index is 0.0249. The summed E-state index contributed by atoms with van der Waals surface area (Å²) >= 11 is 0. The molecule has 1 unspecified atom stereocenters. The fourth-order valence-electron chi connectivity index (χ4n) is 4.55. The number of benzene rings is 1. The van der Waals surface area contributed by atoms with Gasteiger partial charge in [0, 0.05) is 31.6 Å². The van der Waals surface area contributed by atoms with Gasteiger partial charge >= 0.3 is 0 Å². The Hall–Kier alpha value is -2.37. The highest BCUT2D eigenvalue weighted by molar-refractivity contribution is 5.79. The summed E-state index contributed by atoms with van der Waals surface area (Å²) in [6.07, 6.45) is 4.24. The van der Waals surface area contributed by atoms with Gasteiger partial charge in [-0.25, -0.2) is 0 Å². The number of aryl methyl sites for hydroxylation is 1. The number of nitrogens with zero attached hydrogens (tertiary/aromatic N) is 4. The molecule has 1 amide bonds. The molecule has 1 aliphatic carbocycles. The van der Waals surface area contributed by atoms with Crippen molar-refractivity contribution in [2.24, 2.45) is 17.8 Å². The average molecular weight is 338 g/mol. The Bertz CT molecular complexity index is 801. The van der Waals surface area contributed by atoms with E-state index in [4.69, 9.17) is 0 Å². The molecule has 0 radical (unpaired) electrons. The van der Waals surface area contributed by atoms with Gasteiger partial charge in [-0.1, -0.05) is 0 Å². The number of carbonyl (C=O) groups is 1. The largest absolute Gasteiger partial charge is 0.508 e. The van der Waals surface area contributed by atoms with Crippen molar-refractivity contribution in [3.05, 3.63) is 30.1 Å². The third-order valence-corrected chi connectivity index (χ3v) is 6.22. The van der Waals surface area contributed by atoms with Crippen molar-refractivity contribution in [3.8, 4) is 17.1 Å². The minimum Gasteiger partial charge on any atom is -0.508 e. The van der Waals surface area contributed by atoms with Crippen molar-refractivity contribution in [2.75, 3.05) is 13.1 Å². The van der Waals surface area contributed by atoms with Crippen molar-refractivity contribution in [3.63, 3.8) is 0 Å². The van der Waals surface area contributed by atoms with E-state index < -0.39 is 0 Å². The Labute approximate surface area is 146 Å². The second kappa shape index (κ2) is 5.58. The maximum absolute atomic E-state index is 13.0. The predicted octanol–water partition coefficient (Wildman–Crippen LogP) is 2.08. The molecule has 25 heavy (non-hydrogen) atoms. The van der Waals surface area contributed by atoms with Crippen LogP contribution < -0.4 is 0 Å². The van der Waals surface area contributed by atoms with Crippen LogP contribution in [0.3, 0.4) is 0 Å². The van der Waals surface area contributed by atoms with Crippen LogP contribution in [0.1, 0.15) is 25.1 Å². The first kappa shape index (κ1) is 14.9. The molecular formula is C19H22N4O2. The zero-order valence-electron chi connectivity index (χ0n) is 14.1. The predicted molar refractivity (Wildman–Crippen MR) is 91.7 cm³/mol. The Morgan fingerprint density at radius 3 is 2.40 bits per heavy atom. The smallest absolute Gasteiger partial charge is 0.227 e. The first-order chi connectivity index (χ1) is 12.2. The lowest BCUT2D eigenvalue weighted by Crippen LogP contribution is -2.38. The third kappa shape index (κ3) is 2.42. The number of aromatic hydroxyl groups is 1. The van der Waals surface area contributed by atoms with Crippen LogP contribution in [-0.2, 0) is 17.8 Å². The summed E-state index contributed by atoms with van der Waals surface area (Å²) in [5.74, 6) is 3.82. The van der Waals surface area contributed by atoms with Crippen molar-refractivity contribution < 1.29 is 9.90 Å². The molecule has 3 aliphatic rings. The van der Waals surface area contributed by atoms with E-state index in [2.05, 4.69) is 19.7 Å².